The third-order valence-corrected chi connectivity index (χ3v) is 9.37. The number of hydrogen-bond acceptors (Lipinski definition) is 7. The first-order chi connectivity index (χ1) is 20.4. The Labute approximate surface area is 245 Å². The summed E-state index contributed by atoms with van der Waals surface area (Å²) in [6, 6.07) is 12.6. The number of nitrogen functional groups attached to an aromatic ring is 1. The first-order valence-electron chi connectivity index (χ1n) is 14.9. The average Bonchev–Trinajstić information content (AvgIpc) is 3.53. The molecule has 4 heterocycles. The molecule has 0 atom stereocenters. The minimum absolute atomic E-state index is 0.248. The molecule has 0 radical (unpaired) electrons. The normalized spacial score (nSPS) is 20.5. The van der Waals surface area contributed by atoms with E-state index in [1.807, 2.05) is 29.8 Å². The van der Waals surface area contributed by atoms with Gasteiger partial charge in [-0.2, -0.15) is 0 Å². The van der Waals surface area contributed by atoms with Crippen molar-refractivity contribution in [2.24, 2.45) is 7.05 Å². The lowest BCUT2D eigenvalue weighted by Crippen LogP contribution is -2.49. The Morgan fingerprint density at radius 2 is 1.64 bits per heavy atom. The molecule has 2 aromatic carbocycles. The molecule has 10 heteroatoms. The monoisotopic (exact) mass is 567 g/mol. The number of rotatable bonds is 5. The van der Waals surface area contributed by atoms with Gasteiger partial charge in [-0.05, 0) is 69.0 Å². The van der Waals surface area contributed by atoms with Gasteiger partial charge in [-0.25, -0.2) is 19.3 Å². The Kier molecular flexibility index (Phi) is 6.82. The lowest BCUT2D eigenvalue weighted by molar-refractivity contribution is 0.0828. The molecule has 0 amide bonds. The number of anilines is 3. The Balaban J connectivity index is 1.13. The van der Waals surface area contributed by atoms with Crippen LogP contribution in [0.25, 0.3) is 33.2 Å². The Morgan fingerprint density at radius 1 is 0.929 bits per heavy atom. The van der Waals surface area contributed by atoms with Gasteiger partial charge in [0.2, 0.25) is 5.95 Å². The number of hydrogen-bond donors (Lipinski definition) is 2. The highest BCUT2D eigenvalue weighted by Gasteiger charge is 2.30. The third kappa shape index (κ3) is 4.78. The van der Waals surface area contributed by atoms with Gasteiger partial charge in [-0.1, -0.05) is 12.1 Å². The van der Waals surface area contributed by atoms with Crippen molar-refractivity contribution < 1.29 is 4.39 Å². The highest BCUT2D eigenvalue weighted by atomic mass is 19.1. The molecule has 0 spiro atoms. The summed E-state index contributed by atoms with van der Waals surface area (Å²) >= 11 is 0. The van der Waals surface area contributed by atoms with E-state index in [-0.39, 0.29) is 5.82 Å². The summed E-state index contributed by atoms with van der Waals surface area (Å²) in [6.07, 6.45) is 8.48. The molecule has 3 N–H and O–H groups in total. The molecule has 2 fully saturated rings. The van der Waals surface area contributed by atoms with Crippen molar-refractivity contribution in [3.63, 3.8) is 0 Å². The molecule has 5 aromatic rings. The van der Waals surface area contributed by atoms with Crippen LogP contribution in [-0.4, -0.2) is 73.2 Å². The predicted octanol–water partition coefficient (Wildman–Crippen LogP) is 5.49. The van der Waals surface area contributed by atoms with Crippen LogP contribution in [0.5, 0.6) is 0 Å². The SMILES string of the molecule is Cc1cc2c(cc1F)nc(Nc1ccc(-c3cn([C@H]4CC[C@H](N5CCN(C)CC5)CC4)c4ncnc(N)c34)cc1)n2C. The number of likely N-dealkylation sites (N-methyl/N-ethyl adjacent to an activating group) is 1. The lowest BCUT2D eigenvalue weighted by atomic mass is 9.89. The van der Waals surface area contributed by atoms with Gasteiger partial charge < -0.3 is 25.1 Å². The number of nitrogens with zero attached hydrogens (tertiary/aromatic N) is 7. The van der Waals surface area contributed by atoms with Gasteiger partial charge in [-0.3, -0.25) is 4.90 Å². The molecule has 1 saturated heterocycles. The number of nitrogens with one attached hydrogen (secondary N) is 1. The minimum Gasteiger partial charge on any atom is -0.383 e. The highest BCUT2D eigenvalue weighted by Crippen LogP contribution is 2.39. The van der Waals surface area contributed by atoms with Crippen molar-refractivity contribution >= 4 is 39.5 Å². The minimum atomic E-state index is -0.248. The zero-order chi connectivity index (χ0) is 29.0. The van der Waals surface area contributed by atoms with Crippen LogP contribution in [0.3, 0.4) is 0 Å². The molecule has 9 nitrogen and oxygen atoms in total. The Bertz CT molecular complexity index is 1740. The van der Waals surface area contributed by atoms with Crippen molar-refractivity contribution in [1.82, 2.24) is 33.9 Å². The van der Waals surface area contributed by atoms with E-state index in [0.717, 1.165) is 59.3 Å². The number of halogens is 1. The molecule has 1 saturated carbocycles. The summed E-state index contributed by atoms with van der Waals surface area (Å²) < 4.78 is 18.4. The fourth-order valence-electron chi connectivity index (χ4n) is 6.79. The van der Waals surface area contributed by atoms with E-state index in [4.69, 9.17) is 10.7 Å². The van der Waals surface area contributed by atoms with Crippen molar-refractivity contribution in [3.8, 4) is 11.1 Å². The molecule has 1 aliphatic carbocycles. The van der Waals surface area contributed by atoms with Gasteiger partial charge in [0.1, 0.15) is 23.6 Å². The standard InChI is InChI=1S/C32H38FN9/c1-20-16-28-27(17-26(20)33)38-32(40(28)3)37-22-6-4-21(5-7-22)25-18-42(31-29(25)30(34)35-19-36-31)24-10-8-23(9-11-24)41-14-12-39(2)13-15-41/h4-7,16-19,23-24H,8-15H2,1-3H3,(H,37,38)(H2,34,35,36)/t23-,24-. The molecule has 7 rings (SSSR count). The molecule has 2 aliphatic rings. The van der Waals surface area contributed by atoms with Crippen molar-refractivity contribution in [2.45, 2.75) is 44.7 Å². The van der Waals surface area contributed by atoms with Crippen molar-refractivity contribution in [3.05, 3.63) is 60.3 Å². The third-order valence-electron chi connectivity index (χ3n) is 9.37. The number of nitrogens with two attached hydrogens (primary N) is 1. The van der Waals surface area contributed by atoms with E-state index < -0.39 is 0 Å². The summed E-state index contributed by atoms with van der Waals surface area (Å²) in [6.45, 7) is 6.43. The van der Waals surface area contributed by atoms with Crippen molar-refractivity contribution in [1.29, 1.82) is 0 Å². The largest absolute Gasteiger partial charge is 0.383 e. The number of imidazole rings is 1. The molecule has 218 valence electrons. The van der Waals surface area contributed by atoms with E-state index >= 15 is 0 Å². The molecule has 1 aliphatic heterocycles. The Morgan fingerprint density at radius 3 is 2.38 bits per heavy atom. The molecular formula is C32H38FN9. The van der Waals surface area contributed by atoms with E-state index in [1.54, 1.807) is 13.3 Å². The topological polar surface area (TPSA) is 93.1 Å². The number of piperazine rings is 1. The second-order valence-corrected chi connectivity index (χ2v) is 12.0. The zero-order valence-electron chi connectivity index (χ0n) is 24.5. The zero-order valence-corrected chi connectivity index (χ0v) is 24.5. The summed E-state index contributed by atoms with van der Waals surface area (Å²) in [7, 11) is 4.15. The van der Waals surface area contributed by atoms with Gasteiger partial charge >= 0.3 is 0 Å². The fourth-order valence-corrected chi connectivity index (χ4v) is 6.79. The van der Waals surface area contributed by atoms with Gasteiger partial charge in [-0.15, -0.1) is 0 Å². The molecule has 42 heavy (non-hydrogen) atoms. The first-order valence-corrected chi connectivity index (χ1v) is 14.9. The van der Waals surface area contributed by atoms with Gasteiger partial charge in [0.15, 0.2) is 0 Å². The molecule has 3 aromatic heterocycles. The van der Waals surface area contributed by atoms with Crippen LogP contribution >= 0.6 is 0 Å². The predicted molar refractivity (Wildman–Crippen MR) is 166 cm³/mol. The summed E-state index contributed by atoms with van der Waals surface area (Å²) in [5, 5.41) is 4.30. The molecule has 0 bridgehead atoms. The molecular weight excluding hydrogens is 529 g/mol. The maximum Gasteiger partial charge on any atom is 0.208 e. The van der Waals surface area contributed by atoms with Gasteiger partial charge in [0.05, 0.1) is 16.4 Å². The van der Waals surface area contributed by atoms with E-state index in [9.17, 15) is 4.39 Å². The van der Waals surface area contributed by atoms with Crippen LogP contribution in [0.15, 0.2) is 48.9 Å². The first kappa shape index (κ1) is 26.9. The van der Waals surface area contributed by atoms with E-state index in [0.29, 0.717) is 34.9 Å². The summed E-state index contributed by atoms with van der Waals surface area (Å²) in [5.74, 6) is 0.912. The average molecular weight is 568 g/mol. The smallest absolute Gasteiger partial charge is 0.208 e. The Hall–Kier alpha value is -4.02. The molecule has 0 unspecified atom stereocenters. The maximum atomic E-state index is 14.1. The van der Waals surface area contributed by atoms with E-state index in [1.165, 1.54) is 32.0 Å². The van der Waals surface area contributed by atoms with Crippen LogP contribution in [0.1, 0.15) is 37.3 Å². The number of aromatic nitrogens is 5. The van der Waals surface area contributed by atoms with Crippen LogP contribution < -0.4 is 11.1 Å². The summed E-state index contributed by atoms with van der Waals surface area (Å²) in [4.78, 5) is 18.8. The quantitative estimate of drug-likeness (QED) is 0.290. The van der Waals surface area contributed by atoms with Crippen molar-refractivity contribution in [2.75, 3.05) is 44.3 Å². The van der Waals surface area contributed by atoms with Crippen LogP contribution in [0.2, 0.25) is 0 Å². The fraction of sp³-hybridized carbons (Fsp3) is 0.406. The van der Waals surface area contributed by atoms with Crippen LogP contribution in [0, 0.1) is 12.7 Å². The van der Waals surface area contributed by atoms with Crippen LogP contribution in [0.4, 0.5) is 21.8 Å². The number of benzene rings is 2. The number of aryl methyl sites for hydroxylation is 2. The number of fused-ring (bicyclic) bond motifs is 2. The second kappa shape index (κ2) is 10.7. The second-order valence-electron chi connectivity index (χ2n) is 12.0. The lowest BCUT2D eigenvalue weighted by Gasteiger charge is -2.41. The maximum absolute atomic E-state index is 14.1. The van der Waals surface area contributed by atoms with Gasteiger partial charge in [0, 0.05) is 68.8 Å². The van der Waals surface area contributed by atoms with Crippen LogP contribution in [-0.2, 0) is 7.05 Å². The van der Waals surface area contributed by atoms with E-state index in [2.05, 4.69) is 55.0 Å². The highest BCUT2D eigenvalue weighted by molar-refractivity contribution is 6.00. The summed E-state index contributed by atoms with van der Waals surface area (Å²) in [5.41, 5.74) is 12.5. The van der Waals surface area contributed by atoms with Gasteiger partial charge in [0.25, 0.3) is 0 Å².